The molecule has 0 bridgehead atoms. The fourth-order valence-electron chi connectivity index (χ4n) is 7.72. The van der Waals surface area contributed by atoms with Gasteiger partial charge in [0.05, 0.1) is 50.3 Å². The van der Waals surface area contributed by atoms with E-state index >= 15 is 0 Å². The normalized spacial score (nSPS) is 11.1. The average Bonchev–Trinajstić information content (AvgIpc) is 3.33. The van der Waals surface area contributed by atoms with E-state index in [-0.39, 0.29) is 33.9 Å². The molecular weight excluding hydrogens is 823 g/mol. The van der Waals surface area contributed by atoms with Crippen LogP contribution in [-0.2, 0) is 0 Å². The molecule has 0 aliphatic carbocycles. The second kappa shape index (κ2) is 17.4. The van der Waals surface area contributed by atoms with Gasteiger partial charge in [-0.1, -0.05) is 54.6 Å². The van der Waals surface area contributed by atoms with E-state index in [1.54, 1.807) is 36.4 Å². The standard InChI is InChI=1S/C57H39N3O6/c1-34-4-7-40-16-25-49(58-52(40)28-34)37-10-19-46(20-11-37)64-55(61)43-31-44(56(62)65-47-21-12-38(13-22-47)50-26-17-41-8-5-35(2)29-53(41)59-50)33-45(32-43)57(63)66-48-23-14-39(15-24-48)51-27-18-42-9-6-36(3)30-54(42)60-51/h4-33H,1-3H3. The summed E-state index contributed by atoms with van der Waals surface area (Å²) >= 11 is 0. The first-order valence-electron chi connectivity index (χ1n) is 21.3. The third-order valence-corrected chi connectivity index (χ3v) is 11.3. The van der Waals surface area contributed by atoms with Crippen molar-refractivity contribution < 1.29 is 28.6 Å². The Balaban J connectivity index is 0.900. The number of rotatable bonds is 9. The van der Waals surface area contributed by atoms with Crippen LogP contribution < -0.4 is 14.2 Å². The van der Waals surface area contributed by atoms with Gasteiger partial charge < -0.3 is 14.2 Å². The monoisotopic (exact) mass is 861 g/mol. The minimum atomic E-state index is -0.796. The van der Waals surface area contributed by atoms with E-state index in [2.05, 4.69) is 0 Å². The number of hydrogen-bond donors (Lipinski definition) is 0. The zero-order chi connectivity index (χ0) is 45.3. The van der Waals surface area contributed by atoms with Crippen molar-refractivity contribution in [3.05, 3.63) is 215 Å². The van der Waals surface area contributed by atoms with E-state index in [0.717, 1.165) is 83.2 Å². The van der Waals surface area contributed by atoms with Crippen LogP contribution in [0.15, 0.2) is 182 Å². The van der Waals surface area contributed by atoms with Crippen molar-refractivity contribution >= 4 is 50.6 Å². The molecule has 318 valence electrons. The molecule has 0 atom stereocenters. The van der Waals surface area contributed by atoms with Crippen molar-refractivity contribution in [2.75, 3.05) is 0 Å². The number of ether oxygens (including phenoxy) is 3. The Hall–Kier alpha value is -8.82. The minimum Gasteiger partial charge on any atom is -0.423 e. The van der Waals surface area contributed by atoms with Crippen LogP contribution in [0.25, 0.3) is 66.5 Å². The van der Waals surface area contributed by atoms with Crippen LogP contribution in [0.4, 0.5) is 0 Å². The molecule has 0 fully saturated rings. The maximum Gasteiger partial charge on any atom is 0.343 e. The third kappa shape index (κ3) is 8.86. The Morgan fingerprint density at radius 1 is 0.318 bits per heavy atom. The van der Waals surface area contributed by atoms with Gasteiger partial charge in [0.2, 0.25) is 0 Å². The predicted octanol–water partition coefficient (Wildman–Crippen LogP) is 12.9. The summed E-state index contributed by atoms with van der Waals surface area (Å²) in [5.74, 6) is -1.62. The molecule has 0 spiro atoms. The van der Waals surface area contributed by atoms with Gasteiger partial charge in [-0.05, 0) is 165 Å². The summed E-state index contributed by atoms with van der Waals surface area (Å²) in [4.78, 5) is 55.9. The van der Waals surface area contributed by atoms with Gasteiger partial charge in [-0.3, -0.25) is 0 Å². The lowest BCUT2D eigenvalue weighted by Gasteiger charge is -2.11. The van der Waals surface area contributed by atoms with Crippen molar-refractivity contribution in [2.24, 2.45) is 0 Å². The molecule has 66 heavy (non-hydrogen) atoms. The first-order chi connectivity index (χ1) is 32.1. The van der Waals surface area contributed by atoms with Gasteiger partial charge in [-0.15, -0.1) is 0 Å². The van der Waals surface area contributed by atoms with Crippen molar-refractivity contribution in [1.82, 2.24) is 15.0 Å². The van der Waals surface area contributed by atoms with E-state index in [0.29, 0.717) is 0 Å². The van der Waals surface area contributed by atoms with Gasteiger partial charge in [-0.2, -0.15) is 0 Å². The maximum atomic E-state index is 13.8. The fourth-order valence-corrected chi connectivity index (χ4v) is 7.72. The summed E-state index contributed by atoms with van der Waals surface area (Å²) in [7, 11) is 0. The predicted molar refractivity (Wildman–Crippen MR) is 257 cm³/mol. The van der Waals surface area contributed by atoms with Crippen LogP contribution in [0.5, 0.6) is 17.2 Å². The zero-order valence-corrected chi connectivity index (χ0v) is 36.1. The molecule has 3 aromatic heterocycles. The number of pyridine rings is 3. The number of nitrogens with zero attached hydrogens (tertiary/aromatic N) is 3. The number of carbonyl (C=O) groups is 3. The number of aryl methyl sites for hydroxylation is 3. The SMILES string of the molecule is Cc1ccc2ccc(-c3ccc(OC(=O)c4cc(C(=O)Oc5ccc(-c6ccc7ccc(C)cc7n6)cc5)cc(C(=O)Oc5ccc(-c6ccc7ccc(C)cc7n6)cc5)c4)cc3)nc2c1. The zero-order valence-electron chi connectivity index (χ0n) is 36.1. The molecule has 9 heteroatoms. The second-order valence-corrected chi connectivity index (χ2v) is 16.2. The number of aromatic nitrogens is 3. The number of hydrogen-bond acceptors (Lipinski definition) is 9. The highest BCUT2D eigenvalue weighted by Crippen LogP contribution is 2.29. The molecule has 7 aromatic carbocycles. The molecule has 10 rings (SSSR count). The van der Waals surface area contributed by atoms with E-state index < -0.39 is 17.9 Å². The van der Waals surface area contributed by atoms with Crippen LogP contribution in [-0.4, -0.2) is 32.9 Å². The van der Waals surface area contributed by atoms with Crippen LogP contribution in [0, 0.1) is 20.8 Å². The largest absolute Gasteiger partial charge is 0.423 e. The molecule has 0 unspecified atom stereocenters. The smallest absolute Gasteiger partial charge is 0.343 e. The Bertz CT molecular complexity index is 3150. The molecule has 0 saturated heterocycles. The molecule has 0 N–H and O–H groups in total. The lowest BCUT2D eigenvalue weighted by molar-refractivity contribution is 0.0734. The Labute approximate surface area is 379 Å². The van der Waals surface area contributed by atoms with Crippen molar-refractivity contribution in [3.8, 4) is 51.0 Å². The first-order valence-corrected chi connectivity index (χ1v) is 21.3. The summed E-state index contributed by atoms with van der Waals surface area (Å²) in [6.07, 6.45) is 0. The second-order valence-electron chi connectivity index (χ2n) is 16.2. The number of carbonyl (C=O) groups excluding carboxylic acids is 3. The Kier molecular flexibility index (Phi) is 10.9. The highest BCUT2D eigenvalue weighted by atomic mass is 16.5. The van der Waals surface area contributed by atoms with E-state index in [1.165, 1.54) is 18.2 Å². The lowest BCUT2D eigenvalue weighted by atomic mass is 10.1. The molecule has 0 aliphatic heterocycles. The molecular formula is C57H39N3O6. The summed E-state index contributed by atoms with van der Waals surface area (Å²) < 4.78 is 17.4. The maximum absolute atomic E-state index is 13.8. The first kappa shape index (κ1) is 41.2. The molecule has 0 aliphatic rings. The van der Waals surface area contributed by atoms with Crippen LogP contribution in [0.3, 0.4) is 0 Å². The van der Waals surface area contributed by atoms with Gasteiger partial charge in [0.15, 0.2) is 0 Å². The molecule has 0 amide bonds. The number of benzene rings is 7. The Morgan fingerprint density at radius 3 is 0.848 bits per heavy atom. The molecule has 10 aromatic rings. The van der Waals surface area contributed by atoms with Gasteiger partial charge in [0, 0.05) is 32.8 Å². The number of fused-ring (bicyclic) bond motifs is 3. The molecule has 0 radical (unpaired) electrons. The highest BCUT2D eigenvalue weighted by Gasteiger charge is 2.21. The van der Waals surface area contributed by atoms with E-state index in [1.807, 2.05) is 148 Å². The molecule has 3 heterocycles. The summed E-state index contributed by atoms with van der Waals surface area (Å²) in [6, 6.07) is 55.1. The summed E-state index contributed by atoms with van der Waals surface area (Å²) in [5.41, 5.74) is 10.6. The summed E-state index contributed by atoms with van der Waals surface area (Å²) in [5, 5.41) is 3.11. The summed E-state index contributed by atoms with van der Waals surface area (Å²) in [6.45, 7) is 6.07. The van der Waals surface area contributed by atoms with Crippen LogP contribution in [0.1, 0.15) is 47.8 Å². The van der Waals surface area contributed by atoms with Crippen molar-refractivity contribution in [3.63, 3.8) is 0 Å². The average molecular weight is 862 g/mol. The van der Waals surface area contributed by atoms with E-state index in [4.69, 9.17) is 29.2 Å². The third-order valence-electron chi connectivity index (χ3n) is 11.3. The van der Waals surface area contributed by atoms with E-state index in [9.17, 15) is 14.4 Å². The topological polar surface area (TPSA) is 118 Å². The fraction of sp³-hybridized carbons (Fsp3) is 0.0526. The van der Waals surface area contributed by atoms with Gasteiger partial charge in [0.1, 0.15) is 17.2 Å². The van der Waals surface area contributed by atoms with Gasteiger partial charge >= 0.3 is 17.9 Å². The van der Waals surface area contributed by atoms with Crippen molar-refractivity contribution in [2.45, 2.75) is 20.8 Å². The highest BCUT2D eigenvalue weighted by molar-refractivity contribution is 6.02. The van der Waals surface area contributed by atoms with Crippen molar-refractivity contribution in [1.29, 1.82) is 0 Å². The van der Waals surface area contributed by atoms with Crippen LogP contribution in [0.2, 0.25) is 0 Å². The quantitative estimate of drug-likeness (QED) is 0.103. The van der Waals surface area contributed by atoms with Crippen LogP contribution >= 0.6 is 0 Å². The Morgan fingerprint density at radius 2 is 0.576 bits per heavy atom. The molecule has 0 saturated carbocycles. The van der Waals surface area contributed by atoms with Gasteiger partial charge in [0.25, 0.3) is 0 Å². The minimum absolute atomic E-state index is 0.0621. The van der Waals surface area contributed by atoms with Gasteiger partial charge in [-0.25, -0.2) is 29.3 Å². The number of esters is 3. The lowest BCUT2D eigenvalue weighted by Crippen LogP contribution is -2.16. The molecule has 9 nitrogen and oxygen atoms in total.